The summed E-state index contributed by atoms with van der Waals surface area (Å²) in [6, 6.07) is 12.8. The van der Waals surface area contributed by atoms with E-state index in [1.54, 1.807) is 23.2 Å². The third-order valence-corrected chi connectivity index (χ3v) is 6.20. The fraction of sp³-hybridized carbons (Fsp3) is 0.391. The molecule has 3 heterocycles. The molecule has 0 aliphatic carbocycles. The first kappa shape index (κ1) is 19.9. The molecular formula is C23H25N5O2. The largest absolute Gasteiger partial charge is 0.351 e. The lowest BCUT2D eigenvalue weighted by Crippen LogP contribution is -2.38. The van der Waals surface area contributed by atoms with Crippen molar-refractivity contribution in [3.63, 3.8) is 0 Å². The highest BCUT2D eigenvalue weighted by Gasteiger charge is 2.31. The van der Waals surface area contributed by atoms with Crippen LogP contribution in [0.2, 0.25) is 0 Å². The molecule has 2 N–H and O–H groups in total. The summed E-state index contributed by atoms with van der Waals surface area (Å²) in [4.78, 5) is 32.6. The van der Waals surface area contributed by atoms with Crippen LogP contribution < -0.4 is 5.73 Å². The molecule has 4 rings (SSSR count). The van der Waals surface area contributed by atoms with Crippen LogP contribution in [0, 0.1) is 11.3 Å². The van der Waals surface area contributed by atoms with Crippen LogP contribution in [0.5, 0.6) is 0 Å². The predicted molar refractivity (Wildman–Crippen MR) is 112 cm³/mol. The number of benzene rings is 1. The number of piperidine rings is 1. The van der Waals surface area contributed by atoms with Crippen molar-refractivity contribution in [2.45, 2.75) is 37.6 Å². The molecule has 1 aromatic carbocycles. The van der Waals surface area contributed by atoms with Gasteiger partial charge in [0.1, 0.15) is 0 Å². The van der Waals surface area contributed by atoms with E-state index >= 15 is 0 Å². The monoisotopic (exact) mass is 403 g/mol. The fourth-order valence-corrected chi connectivity index (χ4v) is 4.53. The second-order valence-corrected chi connectivity index (χ2v) is 7.96. The Labute approximate surface area is 176 Å². The van der Waals surface area contributed by atoms with Gasteiger partial charge in [0.05, 0.1) is 23.4 Å². The van der Waals surface area contributed by atoms with Gasteiger partial charge in [0.2, 0.25) is 0 Å². The fourth-order valence-electron chi connectivity index (χ4n) is 4.53. The topological polar surface area (TPSA) is 103 Å². The molecule has 0 bridgehead atoms. The molecule has 2 saturated heterocycles. The number of primary amides is 1. The van der Waals surface area contributed by atoms with Crippen LogP contribution >= 0.6 is 0 Å². The van der Waals surface area contributed by atoms with Gasteiger partial charge in [-0.05, 0) is 61.4 Å². The molecule has 2 aliphatic heterocycles. The Kier molecular flexibility index (Phi) is 5.66. The predicted octanol–water partition coefficient (Wildman–Crippen LogP) is 3.19. The van der Waals surface area contributed by atoms with E-state index in [0.29, 0.717) is 36.7 Å². The second-order valence-electron chi connectivity index (χ2n) is 7.96. The van der Waals surface area contributed by atoms with Crippen molar-refractivity contribution in [1.82, 2.24) is 14.8 Å². The number of nitrogens with zero attached hydrogens (tertiary/aromatic N) is 4. The Morgan fingerprint density at radius 3 is 2.47 bits per heavy atom. The summed E-state index contributed by atoms with van der Waals surface area (Å²) < 4.78 is 0. The number of amides is 3. The van der Waals surface area contributed by atoms with Crippen LogP contribution in [-0.2, 0) is 0 Å². The lowest BCUT2D eigenvalue weighted by Gasteiger charge is -2.32. The zero-order valence-electron chi connectivity index (χ0n) is 16.8. The summed E-state index contributed by atoms with van der Waals surface area (Å²) in [7, 11) is 0. The number of nitrogens with two attached hydrogens (primary N) is 1. The summed E-state index contributed by atoms with van der Waals surface area (Å²) in [6.45, 7) is 2.01. The molecule has 0 radical (unpaired) electrons. The van der Waals surface area contributed by atoms with Crippen LogP contribution in [0.3, 0.4) is 0 Å². The summed E-state index contributed by atoms with van der Waals surface area (Å²) in [5, 5.41) is 8.95. The Morgan fingerprint density at radius 1 is 1.07 bits per heavy atom. The number of likely N-dealkylation sites (tertiary alicyclic amines) is 2. The van der Waals surface area contributed by atoms with E-state index < -0.39 is 6.03 Å². The lowest BCUT2D eigenvalue weighted by molar-refractivity contribution is 0.0712. The van der Waals surface area contributed by atoms with Gasteiger partial charge in [0, 0.05) is 31.4 Å². The number of pyridine rings is 1. The molecule has 0 saturated carbocycles. The SMILES string of the molecule is N#Cc1ccc(C2CCN(C(=O)c3ccnc(C4CCCN4C(N)=O)c3)CC2)cc1. The number of aromatic nitrogens is 1. The van der Waals surface area contributed by atoms with E-state index in [-0.39, 0.29) is 11.9 Å². The summed E-state index contributed by atoms with van der Waals surface area (Å²) in [6.07, 6.45) is 5.13. The summed E-state index contributed by atoms with van der Waals surface area (Å²) >= 11 is 0. The number of carbonyl (C=O) groups is 2. The van der Waals surface area contributed by atoms with E-state index in [0.717, 1.165) is 31.4 Å². The van der Waals surface area contributed by atoms with Gasteiger partial charge < -0.3 is 15.5 Å². The van der Waals surface area contributed by atoms with Gasteiger partial charge in [-0.15, -0.1) is 0 Å². The molecule has 1 atom stereocenters. The van der Waals surface area contributed by atoms with Gasteiger partial charge in [-0.1, -0.05) is 12.1 Å². The molecule has 30 heavy (non-hydrogen) atoms. The van der Waals surface area contributed by atoms with Crippen molar-refractivity contribution in [1.29, 1.82) is 5.26 Å². The third-order valence-electron chi connectivity index (χ3n) is 6.20. The molecule has 1 aromatic heterocycles. The Bertz CT molecular complexity index is 974. The minimum atomic E-state index is -0.444. The quantitative estimate of drug-likeness (QED) is 0.850. The number of nitriles is 1. The molecule has 154 valence electrons. The van der Waals surface area contributed by atoms with Gasteiger partial charge >= 0.3 is 6.03 Å². The molecule has 7 heteroatoms. The minimum Gasteiger partial charge on any atom is -0.351 e. The number of rotatable bonds is 3. The van der Waals surface area contributed by atoms with E-state index in [2.05, 4.69) is 11.1 Å². The highest BCUT2D eigenvalue weighted by Crippen LogP contribution is 2.32. The number of carbonyl (C=O) groups excluding carboxylic acids is 2. The van der Waals surface area contributed by atoms with Crippen LogP contribution in [0.25, 0.3) is 0 Å². The first-order valence-electron chi connectivity index (χ1n) is 10.4. The first-order valence-corrected chi connectivity index (χ1v) is 10.4. The molecular weight excluding hydrogens is 378 g/mol. The Balaban J connectivity index is 1.42. The van der Waals surface area contributed by atoms with Crippen molar-refractivity contribution < 1.29 is 9.59 Å². The number of urea groups is 1. The maximum atomic E-state index is 13.1. The zero-order chi connectivity index (χ0) is 21.1. The molecule has 7 nitrogen and oxygen atoms in total. The molecule has 2 aliphatic rings. The van der Waals surface area contributed by atoms with Crippen molar-refractivity contribution in [3.8, 4) is 6.07 Å². The standard InChI is InChI=1S/C23H25N5O2/c24-15-16-3-5-17(6-4-16)18-8-12-27(13-9-18)22(29)19-7-10-26-20(14-19)21-2-1-11-28(21)23(25)30/h3-7,10,14,18,21H,1-2,8-9,11-13H2,(H2,25,30). The van der Waals surface area contributed by atoms with Crippen LogP contribution in [0.1, 0.15) is 64.8 Å². The smallest absolute Gasteiger partial charge is 0.315 e. The van der Waals surface area contributed by atoms with Crippen molar-refractivity contribution in [2.24, 2.45) is 5.73 Å². The first-order chi connectivity index (χ1) is 14.6. The molecule has 2 aromatic rings. The van der Waals surface area contributed by atoms with Crippen LogP contribution in [0.15, 0.2) is 42.6 Å². The van der Waals surface area contributed by atoms with Crippen LogP contribution in [0.4, 0.5) is 4.79 Å². The maximum absolute atomic E-state index is 13.1. The zero-order valence-corrected chi connectivity index (χ0v) is 16.8. The normalized spacial score (nSPS) is 19.5. The number of hydrogen-bond acceptors (Lipinski definition) is 4. The average molecular weight is 403 g/mol. The molecule has 3 amide bonds. The molecule has 1 unspecified atom stereocenters. The van der Waals surface area contributed by atoms with Crippen LogP contribution in [-0.4, -0.2) is 46.4 Å². The third kappa shape index (κ3) is 3.99. The van der Waals surface area contributed by atoms with Gasteiger partial charge in [-0.2, -0.15) is 5.26 Å². The van der Waals surface area contributed by atoms with Gasteiger partial charge in [-0.3, -0.25) is 9.78 Å². The number of hydrogen-bond donors (Lipinski definition) is 1. The minimum absolute atomic E-state index is 0.000510. The Morgan fingerprint density at radius 2 is 1.80 bits per heavy atom. The van der Waals surface area contributed by atoms with E-state index in [1.165, 1.54) is 5.56 Å². The molecule has 0 spiro atoms. The van der Waals surface area contributed by atoms with E-state index in [9.17, 15) is 9.59 Å². The van der Waals surface area contributed by atoms with Gasteiger partial charge in [0.25, 0.3) is 5.91 Å². The average Bonchev–Trinajstić information content (AvgIpc) is 3.29. The Hall–Kier alpha value is -3.40. The second kappa shape index (κ2) is 8.54. The molecule has 2 fully saturated rings. The van der Waals surface area contributed by atoms with Gasteiger partial charge in [0.15, 0.2) is 0 Å². The van der Waals surface area contributed by atoms with Crippen molar-refractivity contribution >= 4 is 11.9 Å². The van der Waals surface area contributed by atoms with E-state index in [1.807, 2.05) is 29.2 Å². The summed E-state index contributed by atoms with van der Waals surface area (Å²) in [5.41, 5.74) is 8.70. The van der Waals surface area contributed by atoms with E-state index in [4.69, 9.17) is 11.0 Å². The highest BCUT2D eigenvalue weighted by molar-refractivity contribution is 5.94. The van der Waals surface area contributed by atoms with Crippen molar-refractivity contribution in [3.05, 3.63) is 65.0 Å². The van der Waals surface area contributed by atoms with Gasteiger partial charge in [-0.25, -0.2) is 4.79 Å². The summed E-state index contributed by atoms with van der Waals surface area (Å²) in [5.74, 6) is 0.401. The lowest BCUT2D eigenvalue weighted by atomic mass is 9.89. The highest BCUT2D eigenvalue weighted by atomic mass is 16.2. The van der Waals surface area contributed by atoms with Crippen molar-refractivity contribution in [2.75, 3.05) is 19.6 Å². The maximum Gasteiger partial charge on any atom is 0.315 e.